The standard InChI is InChI=1S/C8H9FN2O/c9-6-3-1-2-4-7(6)11-5-8(10)12/h1-4,11H,5H2,(H2,10,12). The molecule has 0 unspecified atom stereocenters. The van der Waals surface area contributed by atoms with Crippen LogP contribution in [0.5, 0.6) is 0 Å². The lowest BCUT2D eigenvalue weighted by Crippen LogP contribution is -2.22. The molecule has 0 radical (unpaired) electrons. The Bertz CT molecular complexity index is 288. The van der Waals surface area contributed by atoms with E-state index in [9.17, 15) is 9.18 Å². The number of hydrogen-bond acceptors (Lipinski definition) is 2. The molecule has 0 aliphatic rings. The third-order valence-corrected chi connectivity index (χ3v) is 1.33. The summed E-state index contributed by atoms with van der Waals surface area (Å²) in [6.07, 6.45) is 0. The maximum absolute atomic E-state index is 12.8. The topological polar surface area (TPSA) is 55.1 Å². The summed E-state index contributed by atoms with van der Waals surface area (Å²) in [6.45, 7) is -0.0546. The zero-order valence-electron chi connectivity index (χ0n) is 6.38. The molecule has 4 heteroatoms. The van der Waals surface area contributed by atoms with Gasteiger partial charge in [-0.05, 0) is 12.1 Å². The van der Waals surface area contributed by atoms with Gasteiger partial charge >= 0.3 is 0 Å². The fraction of sp³-hybridized carbons (Fsp3) is 0.125. The van der Waals surface area contributed by atoms with Crippen molar-refractivity contribution in [1.82, 2.24) is 0 Å². The molecule has 0 fully saturated rings. The van der Waals surface area contributed by atoms with Crippen LogP contribution in [0.3, 0.4) is 0 Å². The molecule has 1 aromatic rings. The van der Waals surface area contributed by atoms with Crippen molar-refractivity contribution in [1.29, 1.82) is 0 Å². The highest BCUT2D eigenvalue weighted by Gasteiger charge is 1.99. The van der Waals surface area contributed by atoms with Crippen LogP contribution < -0.4 is 11.1 Å². The minimum Gasteiger partial charge on any atom is -0.374 e. The van der Waals surface area contributed by atoms with Crippen molar-refractivity contribution in [3.8, 4) is 0 Å². The lowest BCUT2D eigenvalue weighted by Gasteiger charge is -2.03. The Morgan fingerprint density at radius 2 is 2.17 bits per heavy atom. The van der Waals surface area contributed by atoms with Gasteiger partial charge in [-0.1, -0.05) is 12.1 Å². The Hall–Kier alpha value is -1.58. The summed E-state index contributed by atoms with van der Waals surface area (Å²) in [7, 11) is 0. The van der Waals surface area contributed by atoms with Crippen LogP contribution in [0.2, 0.25) is 0 Å². The lowest BCUT2D eigenvalue weighted by molar-refractivity contribution is -0.116. The second kappa shape index (κ2) is 3.71. The maximum atomic E-state index is 12.8. The average molecular weight is 168 g/mol. The van der Waals surface area contributed by atoms with E-state index in [0.29, 0.717) is 0 Å². The van der Waals surface area contributed by atoms with E-state index in [-0.39, 0.29) is 12.2 Å². The summed E-state index contributed by atoms with van der Waals surface area (Å²) in [5.74, 6) is -0.906. The molecule has 64 valence electrons. The zero-order chi connectivity index (χ0) is 8.97. The zero-order valence-corrected chi connectivity index (χ0v) is 6.38. The van der Waals surface area contributed by atoms with Crippen LogP contribution >= 0.6 is 0 Å². The molecule has 1 rings (SSSR count). The minimum atomic E-state index is -0.516. The molecule has 0 atom stereocenters. The second-order valence-corrected chi connectivity index (χ2v) is 2.30. The molecule has 0 saturated heterocycles. The van der Waals surface area contributed by atoms with E-state index in [0.717, 1.165) is 0 Å². The first-order valence-electron chi connectivity index (χ1n) is 3.47. The van der Waals surface area contributed by atoms with Crippen molar-refractivity contribution in [3.63, 3.8) is 0 Å². The van der Waals surface area contributed by atoms with Crippen LogP contribution in [-0.2, 0) is 4.79 Å². The first kappa shape index (κ1) is 8.52. The predicted octanol–water partition coefficient (Wildman–Crippen LogP) is 0.723. The van der Waals surface area contributed by atoms with Crippen LogP contribution in [0.4, 0.5) is 10.1 Å². The largest absolute Gasteiger partial charge is 0.374 e. The maximum Gasteiger partial charge on any atom is 0.236 e. The van der Waals surface area contributed by atoms with Crippen molar-refractivity contribution >= 4 is 11.6 Å². The second-order valence-electron chi connectivity index (χ2n) is 2.30. The van der Waals surface area contributed by atoms with Gasteiger partial charge in [0.05, 0.1) is 12.2 Å². The van der Waals surface area contributed by atoms with Crippen LogP contribution in [0, 0.1) is 5.82 Å². The summed E-state index contributed by atoms with van der Waals surface area (Å²) >= 11 is 0. The Morgan fingerprint density at radius 1 is 1.50 bits per heavy atom. The Kier molecular flexibility index (Phi) is 2.63. The van der Waals surface area contributed by atoms with E-state index in [2.05, 4.69) is 5.32 Å². The third kappa shape index (κ3) is 2.23. The normalized spacial score (nSPS) is 9.42. The summed E-state index contributed by atoms with van der Waals surface area (Å²) < 4.78 is 12.8. The molecule has 12 heavy (non-hydrogen) atoms. The highest BCUT2D eigenvalue weighted by Crippen LogP contribution is 2.11. The predicted molar refractivity (Wildman–Crippen MR) is 44.1 cm³/mol. The molecule has 0 aliphatic heterocycles. The molecular formula is C8H9FN2O. The summed E-state index contributed by atoms with van der Waals surface area (Å²) in [5.41, 5.74) is 5.15. The first-order chi connectivity index (χ1) is 5.70. The van der Waals surface area contributed by atoms with Gasteiger partial charge in [0.25, 0.3) is 0 Å². The number of nitrogens with two attached hydrogens (primary N) is 1. The van der Waals surface area contributed by atoms with Crippen molar-refractivity contribution in [2.24, 2.45) is 5.73 Å². The van der Waals surface area contributed by atoms with Gasteiger partial charge < -0.3 is 11.1 Å². The Morgan fingerprint density at radius 3 is 2.75 bits per heavy atom. The monoisotopic (exact) mass is 168 g/mol. The van der Waals surface area contributed by atoms with Crippen LogP contribution in [0.1, 0.15) is 0 Å². The van der Waals surface area contributed by atoms with E-state index in [1.807, 2.05) is 0 Å². The van der Waals surface area contributed by atoms with Gasteiger partial charge in [0.15, 0.2) is 0 Å². The number of hydrogen-bond donors (Lipinski definition) is 2. The van der Waals surface area contributed by atoms with Crippen LogP contribution in [0.25, 0.3) is 0 Å². The van der Waals surface area contributed by atoms with E-state index >= 15 is 0 Å². The van der Waals surface area contributed by atoms with Crippen molar-refractivity contribution in [2.45, 2.75) is 0 Å². The number of primary amides is 1. The third-order valence-electron chi connectivity index (χ3n) is 1.33. The van der Waals surface area contributed by atoms with Gasteiger partial charge in [-0.15, -0.1) is 0 Å². The van der Waals surface area contributed by atoms with Crippen molar-refractivity contribution < 1.29 is 9.18 Å². The number of carbonyl (C=O) groups excluding carboxylic acids is 1. The van der Waals surface area contributed by atoms with Crippen molar-refractivity contribution in [3.05, 3.63) is 30.1 Å². The van der Waals surface area contributed by atoms with E-state index < -0.39 is 11.7 Å². The molecule has 3 nitrogen and oxygen atoms in total. The van der Waals surface area contributed by atoms with Gasteiger partial charge in [0, 0.05) is 0 Å². The smallest absolute Gasteiger partial charge is 0.236 e. The van der Waals surface area contributed by atoms with Crippen LogP contribution in [-0.4, -0.2) is 12.5 Å². The average Bonchev–Trinajstić information content (AvgIpc) is 2.03. The summed E-state index contributed by atoms with van der Waals surface area (Å²) in [5, 5.41) is 2.56. The molecule has 0 aromatic heterocycles. The number of nitrogens with one attached hydrogen (secondary N) is 1. The fourth-order valence-corrected chi connectivity index (χ4v) is 0.787. The lowest BCUT2D eigenvalue weighted by atomic mass is 10.3. The van der Waals surface area contributed by atoms with E-state index in [1.54, 1.807) is 12.1 Å². The number of para-hydroxylation sites is 1. The molecule has 0 heterocycles. The number of amides is 1. The van der Waals surface area contributed by atoms with Crippen LogP contribution in [0.15, 0.2) is 24.3 Å². The molecule has 0 bridgehead atoms. The van der Waals surface area contributed by atoms with E-state index in [1.165, 1.54) is 12.1 Å². The molecule has 3 N–H and O–H groups in total. The highest BCUT2D eigenvalue weighted by atomic mass is 19.1. The van der Waals surface area contributed by atoms with E-state index in [4.69, 9.17) is 5.73 Å². The number of rotatable bonds is 3. The number of halogens is 1. The summed E-state index contributed by atoms with van der Waals surface area (Å²) in [6, 6.07) is 6.10. The SMILES string of the molecule is NC(=O)CNc1ccccc1F. The van der Waals surface area contributed by atoms with Gasteiger partial charge in [0.2, 0.25) is 5.91 Å². The van der Waals surface area contributed by atoms with Crippen molar-refractivity contribution in [2.75, 3.05) is 11.9 Å². The fourth-order valence-electron chi connectivity index (χ4n) is 0.787. The van der Waals surface area contributed by atoms with Gasteiger partial charge in [0.1, 0.15) is 5.82 Å². The Balaban J connectivity index is 2.63. The Labute approximate surface area is 69.4 Å². The number of anilines is 1. The molecule has 1 aromatic carbocycles. The van der Waals surface area contributed by atoms with Gasteiger partial charge in [-0.25, -0.2) is 4.39 Å². The highest BCUT2D eigenvalue weighted by molar-refractivity contribution is 5.78. The molecule has 1 amide bonds. The number of benzene rings is 1. The molecule has 0 saturated carbocycles. The minimum absolute atomic E-state index is 0.0546. The first-order valence-corrected chi connectivity index (χ1v) is 3.47. The summed E-state index contributed by atoms with van der Waals surface area (Å²) in [4.78, 5) is 10.3. The number of carbonyl (C=O) groups is 1. The quantitative estimate of drug-likeness (QED) is 0.698. The molecule has 0 aliphatic carbocycles. The van der Waals surface area contributed by atoms with Gasteiger partial charge in [-0.2, -0.15) is 0 Å². The molecular weight excluding hydrogens is 159 g/mol. The van der Waals surface area contributed by atoms with Gasteiger partial charge in [-0.3, -0.25) is 4.79 Å². The molecule has 0 spiro atoms.